The van der Waals surface area contributed by atoms with Crippen molar-refractivity contribution in [2.24, 2.45) is 21.7 Å². The number of nitrogens with zero attached hydrogens (tertiary/aromatic N) is 4. The van der Waals surface area contributed by atoms with E-state index in [4.69, 9.17) is 30.4 Å². The Morgan fingerprint density at radius 3 is 1.10 bits per heavy atom. The number of guanidine groups is 2. The van der Waals surface area contributed by atoms with Gasteiger partial charge in [-0.3, -0.25) is 43.2 Å². The summed E-state index contributed by atoms with van der Waals surface area (Å²) in [6.45, 7) is 14.7. The van der Waals surface area contributed by atoms with E-state index in [0.29, 0.717) is 34.5 Å². The van der Waals surface area contributed by atoms with Crippen LogP contribution in [-0.2, 0) is 70.1 Å². The summed E-state index contributed by atoms with van der Waals surface area (Å²) in [6, 6.07) is 51.3. The maximum Gasteiger partial charge on any atom is 0.326 e. The maximum absolute atomic E-state index is 14.3. The molecule has 9 amide bonds. The van der Waals surface area contributed by atoms with Crippen molar-refractivity contribution in [1.82, 2.24) is 47.9 Å². The Kier molecular flexibility index (Phi) is 43.6. The van der Waals surface area contributed by atoms with Crippen molar-refractivity contribution in [2.75, 3.05) is 76.6 Å². The molecule has 0 saturated heterocycles. The first kappa shape index (κ1) is 98.9. The highest BCUT2D eigenvalue weighted by molar-refractivity contribution is 6.06. The molecule has 37 nitrogen and oxygen atoms in total. The van der Waals surface area contributed by atoms with Gasteiger partial charge in [-0.15, -0.1) is 26.3 Å². The number of rotatable bonds is 49. The molecule has 0 radical (unpaired) electrons. The Bertz CT molecular complexity index is 4970. The Morgan fingerprint density at radius 2 is 0.704 bits per heavy atom. The Hall–Kier alpha value is -14.9. The van der Waals surface area contributed by atoms with Crippen molar-refractivity contribution < 1.29 is 87.8 Å². The number of hydrogen-bond acceptors (Lipinski definition) is 18. The largest absolute Gasteiger partial charge is 0.480 e. The van der Waals surface area contributed by atoms with Crippen molar-refractivity contribution in [3.8, 4) is 0 Å². The Balaban J connectivity index is 0.000000328. The number of carbonyl (C=O) groups is 10. The number of ether oxygens (including phenoxy) is 4. The fourth-order valence-electron chi connectivity index (χ4n) is 11.8. The van der Waals surface area contributed by atoms with Crippen molar-refractivity contribution >= 4 is 104 Å². The minimum atomic E-state index is -1.34. The van der Waals surface area contributed by atoms with Gasteiger partial charge in [0.1, 0.15) is 59.1 Å². The topological polar surface area (TPSA) is 551 Å². The molecule has 0 fully saturated rings. The minimum Gasteiger partial charge on any atom is -0.480 e. The number of carbonyl (C=O) groups excluding carboxylic acids is 9. The maximum atomic E-state index is 14.3. The second kappa shape index (κ2) is 55.1. The van der Waals surface area contributed by atoms with Crippen LogP contribution in [0.1, 0.15) is 57.5 Å². The van der Waals surface area contributed by atoms with E-state index in [1.165, 1.54) is 18.2 Å². The number of amides is 9. The number of carboxylic acids is 1. The highest BCUT2D eigenvalue weighted by Crippen LogP contribution is 2.25. The number of hydrogen-bond donors (Lipinski definition) is 15. The standard InChI is InChI=1S/C44H51N9O9.C28H35N7O8.C16H18N2O2/c1-3-25-61-28-37(50-39(54)32-18-9-6-10-19-32)43(58)49-36(27-30-15-7-5-8-16-30)41(56)48-35(23-14-24-46-44(45)52-53(59)60)40(55)51-38(29-62-26-4-2)42(57)47-34-22-13-20-31-17-11-12-21-33(31)34;1-2-16-43-18-23(33-24(36)20-12-7-4-8-13-20)26(38)32-22(17-19-10-5-3-6-11-19)25(37)31-21(27(39)40)14-9-15-30-28(29)34-35(41)42;1-2-10-20-11-14(17)16(19)18-15-9-5-7-12-6-3-4-8-13(12)15/h3-13,15-22,35-38H,1-2,14,23-29H2,(H,47,57)(H,48,56)(H,49,58)(H,50,54)(H,51,55)(H3,45,46,52);2-8,10-13,21-23H,1,9,14-18H2,(H,31,37)(H,32,38)(H,33,36)(H,39,40)(H3,29,30,34);2-9,14H,1,10-11,17H2,(H,18,19)/p+1/t35-,36+,37-,38-;21-,22+,23-;14-/m000/s1. The number of anilines is 2. The summed E-state index contributed by atoms with van der Waals surface area (Å²) in [5.74, 6) is -7.87. The van der Waals surface area contributed by atoms with Gasteiger partial charge in [-0.25, -0.2) is 25.0 Å². The van der Waals surface area contributed by atoms with E-state index in [1.807, 2.05) is 72.8 Å². The molecule has 19 N–H and O–H groups in total. The normalized spacial score (nSPS) is 12.9. The lowest BCUT2D eigenvalue weighted by Crippen LogP contribution is -2.68. The minimum absolute atomic E-state index is 0.00788. The average Bonchev–Trinajstić information content (AvgIpc) is 0.832. The number of benzene rings is 8. The van der Waals surface area contributed by atoms with Crippen LogP contribution in [-0.4, -0.2) is 201 Å². The molecule has 0 bridgehead atoms. The van der Waals surface area contributed by atoms with Crippen molar-refractivity contribution in [3.05, 3.63) is 299 Å². The fraction of sp³-hybridized carbons (Fsp3) is 0.273. The third-order valence-electron chi connectivity index (χ3n) is 17.9. The van der Waals surface area contributed by atoms with E-state index in [-0.39, 0.29) is 104 Å². The van der Waals surface area contributed by atoms with E-state index in [0.717, 1.165) is 27.2 Å². The molecule has 0 aliphatic carbocycles. The zero-order chi connectivity index (χ0) is 90.7. The van der Waals surface area contributed by atoms with Gasteiger partial charge in [0.15, 0.2) is 16.1 Å². The third-order valence-corrected chi connectivity index (χ3v) is 17.9. The first-order chi connectivity index (χ1) is 60.3. The number of hydrazone groups is 2. The summed E-state index contributed by atoms with van der Waals surface area (Å²) in [5, 5.41) is 67.8. The van der Waals surface area contributed by atoms with Crippen molar-refractivity contribution in [3.63, 3.8) is 0 Å². The van der Waals surface area contributed by atoms with Crippen molar-refractivity contribution in [1.29, 1.82) is 0 Å². The van der Waals surface area contributed by atoms with Gasteiger partial charge < -0.3 is 99.7 Å². The molecule has 0 aromatic heterocycles. The first-order valence-electron chi connectivity index (χ1n) is 39.4. The van der Waals surface area contributed by atoms with Crippen LogP contribution >= 0.6 is 0 Å². The molecule has 125 heavy (non-hydrogen) atoms. The predicted octanol–water partition coefficient (Wildman–Crippen LogP) is 4.31. The van der Waals surface area contributed by atoms with Gasteiger partial charge in [0.25, 0.3) is 29.6 Å². The first-order valence-corrected chi connectivity index (χ1v) is 39.4. The fourth-order valence-corrected chi connectivity index (χ4v) is 11.8. The third kappa shape index (κ3) is 36.5. The van der Waals surface area contributed by atoms with Crippen LogP contribution in [0.5, 0.6) is 0 Å². The lowest BCUT2D eigenvalue weighted by atomic mass is 10.0. The molecule has 0 spiro atoms. The number of aliphatic carboxylic acids is 1. The summed E-state index contributed by atoms with van der Waals surface area (Å²) in [4.78, 5) is 154. The van der Waals surface area contributed by atoms with Crippen LogP contribution in [0.2, 0.25) is 0 Å². The van der Waals surface area contributed by atoms with Gasteiger partial charge in [-0.2, -0.15) is 0 Å². The quantitative estimate of drug-likeness (QED) is 0.00631. The van der Waals surface area contributed by atoms with E-state index in [1.54, 1.807) is 140 Å². The second-order valence-electron chi connectivity index (χ2n) is 27.4. The Morgan fingerprint density at radius 1 is 0.392 bits per heavy atom. The van der Waals surface area contributed by atoms with E-state index >= 15 is 0 Å². The molecule has 8 rings (SSSR count). The number of fused-ring (bicyclic) bond motifs is 2. The van der Waals surface area contributed by atoms with Crippen LogP contribution in [0.3, 0.4) is 0 Å². The number of nitrogens with two attached hydrogens (primary N) is 2. The lowest BCUT2D eigenvalue weighted by molar-refractivity contribution is -0.485. The number of carboxylic acid groups (broad SMARTS) is 1. The van der Waals surface area contributed by atoms with Gasteiger partial charge in [-0.1, -0.05) is 194 Å². The molecule has 0 unspecified atom stereocenters. The molecule has 8 atom stereocenters. The zero-order valence-corrected chi connectivity index (χ0v) is 68.6. The second-order valence-corrected chi connectivity index (χ2v) is 27.4. The molecule has 0 heterocycles. The lowest BCUT2D eigenvalue weighted by Gasteiger charge is -2.27. The van der Waals surface area contributed by atoms with Crippen LogP contribution in [0, 0.1) is 20.2 Å². The molecule has 0 aliphatic rings. The summed E-state index contributed by atoms with van der Waals surface area (Å²) in [6.07, 6.45) is 6.23. The number of nitro groups is 2. The van der Waals surface area contributed by atoms with Gasteiger partial charge in [0.2, 0.25) is 35.4 Å². The molecule has 660 valence electrons. The average molecular weight is 1720 g/mol. The molecular weight excluding hydrogens is 1610 g/mol. The van der Waals surface area contributed by atoms with Gasteiger partial charge in [-0.05, 0) is 84.0 Å². The van der Waals surface area contributed by atoms with Gasteiger partial charge in [0.05, 0.1) is 46.2 Å². The predicted molar refractivity (Wildman–Crippen MR) is 471 cm³/mol. The highest BCUT2D eigenvalue weighted by Gasteiger charge is 2.34. The molecule has 37 heteroatoms. The van der Waals surface area contributed by atoms with Gasteiger partial charge in [0, 0.05) is 59.2 Å². The van der Waals surface area contributed by atoms with Crippen LogP contribution < -0.4 is 75.7 Å². The summed E-state index contributed by atoms with van der Waals surface area (Å²) >= 11 is 0. The van der Waals surface area contributed by atoms with E-state index in [2.05, 4.69) is 101 Å². The van der Waals surface area contributed by atoms with E-state index in [9.17, 15) is 73.3 Å². The summed E-state index contributed by atoms with van der Waals surface area (Å²) in [5.41, 5.74) is 18.0. The zero-order valence-electron chi connectivity index (χ0n) is 68.6. The Labute approximate surface area is 720 Å². The highest BCUT2D eigenvalue weighted by atomic mass is 16.7. The van der Waals surface area contributed by atoms with Crippen molar-refractivity contribution in [2.45, 2.75) is 86.9 Å². The van der Waals surface area contributed by atoms with Crippen LogP contribution in [0.15, 0.2) is 267 Å². The molecule has 0 aliphatic heterocycles. The molecular formula is C88H105N18O19+. The molecule has 0 saturated carbocycles. The SMILES string of the molecule is C=CCOC[C@H](NC(=O)c1ccccc1)C(=O)N[C@H](Cc1ccccc1)C(=O)N[C@@H](CCCN/C(N)=N/[N+](=O)[O-])C(=O)N[C@@H](COCC=C)C(=O)Nc1cccc2ccccc12.C=CCOC[C@H](NC(=O)c1ccccc1)C(=O)N[C@H](Cc1ccccc1)C(=O)N[C@@H](CCCN/C(N)=N/[N+](=O)[O-])C(=O)O.C=CCOC[C@H]([NH3+])C(=O)Nc1cccc2ccccc12. The molecule has 8 aromatic carbocycles. The monoisotopic (exact) mass is 1720 g/mol. The van der Waals surface area contributed by atoms with E-state index < -0.39 is 124 Å². The summed E-state index contributed by atoms with van der Waals surface area (Å²) in [7, 11) is 0. The smallest absolute Gasteiger partial charge is 0.326 e. The van der Waals surface area contributed by atoms with Crippen LogP contribution in [0.25, 0.3) is 21.5 Å². The van der Waals surface area contributed by atoms with Crippen LogP contribution in [0.4, 0.5) is 11.4 Å². The molecule has 8 aromatic rings. The van der Waals surface area contributed by atoms with Gasteiger partial charge >= 0.3 is 5.97 Å². The number of quaternary nitrogens is 1. The summed E-state index contributed by atoms with van der Waals surface area (Å²) < 4.78 is 21.8. The number of nitrogens with one attached hydrogen (secondary N) is 11.